The average molecular weight is 266 g/mol. The zero-order valence-electron chi connectivity index (χ0n) is 11.1. The van der Waals surface area contributed by atoms with E-state index >= 15 is 0 Å². The fraction of sp³-hybridized carbons (Fsp3) is 0.714. The third-order valence-corrected chi connectivity index (χ3v) is 4.05. The fourth-order valence-electron chi connectivity index (χ4n) is 2.89. The van der Waals surface area contributed by atoms with Crippen LogP contribution in [0.5, 0.6) is 0 Å². The lowest BCUT2D eigenvalue weighted by atomic mass is 10.0. The van der Waals surface area contributed by atoms with Crippen molar-refractivity contribution in [2.75, 3.05) is 26.3 Å². The zero-order chi connectivity index (χ0) is 13.1. The van der Waals surface area contributed by atoms with Crippen LogP contribution in [0.2, 0.25) is 0 Å². The summed E-state index contributed by atoms with van der Waals surface area (Å²) in [7, 11) is 0. The molecule has 106 valence electrons. The van der Waals surface area contributed by atoms with Crippen LogP contribution in [0.4, 0.5) is 0 Å². The van der Waals surface area contributed by atoms with Gasteiger partial charge in [0, 0.05) is 19.1 Å². The van der Waals surface area contributed by atoms with Crippen LogP contribution in [-0.4, -0.2) is 54.5 Å². The minimum Gasteiger partial charge on any atom is -0.468 e. The molecule has 1 aromatic heterocycles. The van der Waals surface area contributed by atoms with E-state index in [0.29, 0.717) is 19.3 Å². The van der Waals surface area contributed by atoms with Crippen molar-refractivity contribution in [2.45, 2.75) is 37.6 Å². The summed E-state index contributed by atoms with van der Waals surface area (Å²) in [5.41, 5.74) is 0. The van der Waals surface area contributed by atoms with Gasteiger partial charge in [0.05, 0.1) is 38.2 Å². The minimum absolute atomic E-state index is 0.113. The van der Waals surface area contributed by atoms with Crippen molar-refractivity contribution in [3.05, 3.63) is 24.2 Å². The highest BCUT2D eigenvalue weighted by Gasteiger charge is 2.29. The highest BCUT2D eigenvalue weighted by atomic mass is 16.5. The molecule has 19 heavy (non-hydrogen) atoms. The van der Waals surface area contributed by atoms with Gasteiger partial charge in [0.15, 0.2) is 0 Å². The third-order valence-electron chi connectivity index (χ3n) is 4.05. The number of piperidine rings is 1. The molecule has 2 N–H and O–H groups in total. The molecule has 2 saturated heterocycles. The first-order valence-electron chi connectivity index (χ1n) is 7.08. The molecule has 2 aliphatic rings. The summed E-state index contributed by atoms with van der Waals surface area (Å²) in [5, 5.41) is 13.3. The van der Waals surface area contributed by atoms with Gasteiger partial charge in [0.2, 0.25) is 0 Å². The molecule has 0 amide bonds. The Bertz CT molecular complexity index is 374. The molecule has 1 aromatic rings. The van der Waals surface area contributed by atoms with Gasteiger partial charge in [-0.1, -0.05) is 0 Å². The minimum atomic E-state index is -0.346. The molecule has 2 atom stereocenters. The molecule has 5 nitrogen and oxygen atoms in total. The Morgan fingerprint density at radius 2 is 2.16 bits per heavy atom. The second-order valence-corrected chi connectivity index (χ2v) is 5.51. The molecule has 0 aliphatic carbocycles. The van der Waals surface area contributed by atoms with Gasteiger partial charge < -0.3 is 19.6 Å². The van der Waals surface area contributed by atoms with Gasteiger partial charge in [-0.25, -0.2) is 0 Å². The Kier molecular flexibility index (Phi) is 4.18. The van der Waals surface area contributed by atoms with E-state index in [2.05, 4.69) is 10.2 Å². The molecule has 0 radical (unpaired) electrons. The topological polar surface area (TPSA) is 57.9 Å². The van der Waals surface area contributed by atoms with E-state index in [1.165, 1.54) is 0 Å². The molecule has 2 fully saturated rings. The number of likely N-dealkylation sites (tertiary alicyclic amines) is 1. The van der Waals surface area contributed by atoms with Crippen molar-refractivity contribution in [1.29, 1.82) is 0 Å². The number of aliphatic hydroxyl groups is 1. The normalized spacial score (nSPS) is 29.9. The number of rotatable bonds is 4. The molecule has 3 heterocycles. The largest absolute Gasteiger partial charge is 0.468 e. The predicted molar refractivity (Wildman–Crippen MR) is 70.8 cm³/mol. The van der Waals surface area contributed by atoms with Crippen molar-refractivity contribution in [3.63, 3.8) is 0 Å². The Labute approximate surface area is 113 Å². The number of nitrogens with zero attached hydrogens (tertiary/aromatic N) is 1. The van der Waals surface area contributed by atoms with Gasteiger partial charge in [-0.05, 0) is 25.0 Å². The zero-order valence-corrected chi connectivity index (χ0v) is 11.1. The molecule has 3 rings (SSSR count). The van der Waals surface area contributed by atoms with Gasteiger partial charge in [0.25, 0.3) is 0 Å². The van der Waals surface area contributed by atoms with Gasteiger partial charge in [0.1, 0.15) is 5.76 Å². The predicted octanol–water partition coefficient (Wildman–Crippen LogP) is 0.593. The number of ether oxygens (including phenoxy) is 1. The Morgan fingerprint density at radius 1 is 1.32 bits per heavy atom. The molecule has 5 heteroatoms. The first kappa shape index (κ1) is 13.1. The monoisotopic (exact) mass is 266 g/mol. The van der Waals surface area contributed by atoms with Crippen LogP contribution in [0.25, 0.3) is 0 Å². The van der Waals surface area contributed by atoms with Gasteiger partial charge >= 0.3 is 0 Å². The van der Waals surface area contributed by atoms with E-state index in [9.17, 15) is 5.11 Å². The Morgan fingerprint density at radius 3 is 2.79 bits per heavy atom. The number of nitrogens with one attached hydrogen (secondary N) is 1. The quantitative estimate of drug-likeness (QED) is 0.835. The second-order valence-electron chi connectivity index (χ2n) is 5.51. The molecule has 0 spiro atoms. The SMILES string of the molecule is OC1COCC1NC1CCN(Cc2ccco2)CC1. The fourth-order valence-corrected chi connectivity index (χ4v) is 2.89. The van der Waals surface area contributed by atoms with E-state index in [1.807, 2.05) is 12.1 Å². The summed E-state index contributed by atoms with van der Waals surface area (Å²) >= 11 is 0. The van der Waals surface area contributed by atoms with Crippen LogP contribution >= 0.6 is 0 Å². The molecule has 2 aliphatic heterocycles. The maximum atomic E-state index is 9.73. The number of aliphatic hydroxyl groups excluding tert-OH is 1. The van der Waals surface area contributed by atoms with E-state index in [1.54, 1.807) is 6.26 Å². The van der Waals surface area contributed by atoms with Crippen molar-refractivity contribution in [2.24, 2.45) is 0 Å². The van der Waals surface area contributed by atoms with E-state index in [0.717, 1.165) is 38.2 Å². The molecule has 0 saturated carbocycles. The van der Waals surface area contributed by atoms with Crippen molar-refractivity contribution in [3.8, 4) is 0 Å². The maximum Gasteiger partial charge on any atom is 0.117 e. The lowest BCUT2D eigenvalue weighted by Crippen LogP contribution is -2.49. The smallest absolute Gasteiger partial charge is 0.117 e. The van der Waals surface area contributed by atoms with E-state index in [-0.39, 0.29) is 12.1 Å². The number of hydrogen-bond acceptors (Lipinski definition) is 5. The Balaban J connectivity index is 1.42. The first-order chi connectivity index (χ1) is 9.31. The highest BCUT2D eigenvalue weighted by molar-refractivity contribution is 4.98. The van der Waals surface area contributed by atoms with Crippen molar-refractivity contribution in [1.82, 2.24) is 10.2 Å². The first-order valence-corrected chi connectivity index (χ1v) is 7.08. The molecule has 0 aromatic carbocycles. The standard InChI is InChI=1S/C14H22N2O3/c17-14-10-18-9-13(14)15-11-3-5-16(6-4-11)8-12-2-1-7-19-12/h1-2,7,11,13-15,17H,3-6,8-10H2. The highest BCUT2D eigenvalue weighted by Crippen LogP contribution is 2.16. The summed E-state index contributed by atoms with van der Waals surface area (Å²) in [6.07, 6.45) is 3.61. The van der Waals surface area contributed by atoms with Crippen LogP contribution in [-0.2, 0) is 11.3 Å². The van der Waals surface area contributed by atoms with Crippen LogP contribution in [0.3, 0.4) is 0 Å². The molecule has 2 unspecified atom stereocenters. The lowest BCUT2D eigenvalue weighted by molar-refractivity contribution is 0.116. The van der Waals surface area contributed by atoms with Crippen LogP contribution in [0, 0.1) is 0 Å². The van der Waals surface area contributed by atoms with Crippen LogP contribution < -0.4 is 5.32 Å². The summed E-state index contributed by atoms with van der Waals surface area (Å²) < 4.78 is 10.6. The lowest BCUT2D eigenvalue weighted by Gasteiger charge is -2.33. The Hall–Kier alpha value is -0.880. The number of furan rings is 1. The van der Waals surface area contributed by atoms with Crippen LogP contribution in [0.1, 0.15) is 18.6 Å². The summed E-state index contributed by atoms with van der Waals surface area (Å²) in [6, 6.07) is 4.57. The van der Waals surface area contributed by atoms with E-state index in [4.69, 9.17) is 9.15 Å². The summed E-state index contributed by atoms with van der Waals surface area (Å²) in [4.78, 5) is 2.42. The van der Waals surface area contributed by atoms with Crippen molar-refractivity contribution < 1.29 is 14.3 Å². The summed E-state index contributed by atoms with van der Waals surface area (Å²) in [5.74, 6) is 1.03. The summed E-state index contributed by atoms with van der Waals surface area (Å²) in [6.45, 7) is 4.14. The van der Waals surface area contributed by atoms with Gasteiger partial charge in [-0.2, -0.15) is 0 Å². The number of hydrogen-bond donors (Lipinski definition) is 2. The van der Waals surface area contributed by atoms with Crippen LogP contribution in [0.15, 0.2) is 22.8 Å². The molecular formula is C14H22N2O3. The second kappa shape index (κ2) is 6.05. The third kappa shape index (κ3) is 3.36. The molecular weight excluding hydrogens is 244 g/mol. The van der Waals surface area contributed by atoms with Gasteiger partial charge in [-0.15, -0.1) is 0 Å². The van der Waals surface area contributed by atoms with Gasteiger partial charge in [-0.3, -0.25) is 4.90 Å². The average Bonchev–Trinajstić information content (AvgIpc) is 3.05. The van der Waals surface area contributed by atoms with E-state index < -0.39 is 0 Å². The van der Waals surface area contributed by atoms with Crippen molar-refractivity contribution >= 4 is 0 Å². The maximum absolute atomic E-state index is 9.73. The molecule has 0 bridgehead atoms.